The van der Waals surface area contributed by atoms with E-state index in [4.69, 9.17) is 23.2 Å². The first kappa shape index (κ1) is 13.7. The zero-order chi connectivity index (χ0) is 14.0. The minimum absolute atomic E-state index is 0.0470. The largest absolute Gasteiger partial charge is 0.320 e. The second kappa shape index (κ2) is 5.50. The standard InChI is InChI=1S/C12H8Cl2FN3O/c1-6-2-8(5-17-10(6)13)18-12(19)9-3-7(15)4-16-11(9)14/h2-5H,1H3,(H,18,19). The number of hydrogen-bond acceptors (Lipinski definition) is 3. The van der Waals surface area contributed by atoms with Crippen molar-refractivity contribution in [1.29, 1.82) is 0 Å². The molecule has 2 aromatic rings. The number of nitrogens with zero attached hydrogens (tertiary/aromatic N) is 2. The van der Waals surface area contributed by atoms with E-state index in [1.807, 2.05) is 0 Å². The molecule has 4 nitrogen and oxygen atoms in total. The monoisotopic (exact) mass is 299 g/mol. The van der Waals surface area contributed by atoms with Crippen molar-refractivity contribution < 1.29 is 9.18 Å². The van der Waals surface area contributed by atoms with Crippen molar-refractivity contribution in [3.63, 3.8) is 0 Å². The summed E-state index contributed by atoms with van der Waals surface area (Å²) < 4.78 is 13.0. The van der Waals surface area contributed by atoms with E-state index in [1.165, 1.54) is 6.20 Å². The van der Waals surface area contributed by atoms with Crippen molar-refractivity contribution in [2.45, 2.75) is 6.92 Å². The molecule has 1 amide bonds. The molecule has 0 fully saturated rings. The minimum atomic E-state index is -0.639. The molecule has 2 heterocycles. The molecule has 0 unspecified atom stereocenters. The molecule has 0 aliphatic carbocycles. The molecular formula is C12H8Cl2FN3O. The molecule has 2 rings (SSSR count). The average Bonchev–Trinajstić information content (AvgIpc) is 2.36. The fourth-order valence-electron chi connectivity index (χ4n) is 1.41. The Morgan fingerprint density at radius 1 is 1.21 bits per heavy atom. The van der Waals surface area contributed by atoms with Gasteiger partial charge in [-0.1, -0.05) is 23.2 Å². The first-order valence-electron chi connectivity index (χ1n) is 5.22. The summed E-state index contributed by atoms with van der Waals surface area (Å²) in [6.45, 7) is 1.75. The number of amides is 1. The summed E-state index contributed by atoms with van der Waals surface area (Å²) in [5.74, 6) is -1.21. The van der Waals surface area contributed by atoms with Gasteiger partial charge >= 0.3 is 0 Å². The maximum Gasteiger partial charge on any atom is 0.258 e. The maximum atomic E-state index is 13.0. The van der Waals surface area contributed by atoms with Crippen LogP contribution in [0.4, 0.5) is 10.1 Å². The second-order valence-electron chi connectivity index (χ2n) is 3.78. The Morgan fingerprint density at radius 2 is 1.89 bits per heavy atom. The van der Waals surface area contributed by atoms with Gasteiger partial charge in [-0.05, 0) is 24.6 Å². The minimum Gasteiger partial charge on any atom is -0.320 e. The molecule has 0 saturated carbocycles. The number of nitrogens with one attached hydrogen (secondary N) is 1. The van der Waals surface area contributed by atoms with Gasteiger partial charge in [0.25, 0.3) is 5.91 Å². The number of hydrogen-bond donors (Lipinski definition) is 1. The van der Waals surface area contributed by atoms with Crippen LogP contribution in [0.1, 0.15) is 15.9 Å². The van der Waals surface area contributed by atoms with Crippen LogP contribution in [0, 0.1) is 12.7 Å². The molecule has 1 N–H and O–H groups in total. The van der Waals surface area contributed by atoms with Crippen LogP contribution in [0.25, 0.3) is 0 Å². The second-order valence-corrected chi connectivity index (χ2v) is 4.49. The van der Waals surface area contributed by atoms with E-state index < -0.39 is 11.7 Å². The van der Waals surface area contributed by atoms with Gasteiger partial charge in [0.15, 0.2) is 0 Å². The number of carbonyl (C=O) groups excluding carboxylic acids is 1. The van der Waals surface area contributed by atoms with Gasteiger partial charge in [-0.2, -0.15) is 0 Å². The fourth-order valence-corrected chi connectivity index (χ4v) is 1.70. The van der Waals surface area contributed by atoms with Crippen molar-refractivity contribution in [1.82, 2.24) is 9.97 Å². The number of rotatable bonds is 2. The Hall–Kier alpha value is -1.72. The number of aromatic nitrogens is 2. The zero-order valence-corrected chi connectivity index (χ0v) is 11.3. The summed E-state index contributed by atoms with van der Waals surface area (Å²) in [5, 5.41) is 2.82. The van der Waals surface area contributed by atoms with Gasteiger partial charge in [0.1, 0.15) is 16.1 Å². The molecule has 0 aliphatic rings. The highest BCUT2D eigenvalue weighted by Crippen LogP contribution is 2.19. The lowest BCUT2D eigenvalue weighted by Crippen LogP contribution is -2.13. The van der Waals surface area contributed by atoms with Crippen LogP contribution >= 0.6 is 23.2 Å². The van der Waals surface area contributed by atoms with Gasteiger partial charge < -0.3 is 5.32 Å². The molecule has 19 heavy (non-hydrogen) atoms. The van der Waals surface area contributed by atoms with Crippen molar-refractivity contribution in [3.05, 3.63) is 51.8 Å². The van der Waals surface area contributed by atoms with Gasteiger partial charge in [-0.15, -0.1) is 0 Å². The molecule has 0 radical (unpaired) electrons. The van der Waals surface area contributed by atoms with Gasteiger partial charge in [-0.25, -0.2) is 14.4 Å². The average molecular weight is 300 g/mol. The highest BCUT2D eigenvalue weighted by molar-refractivity contribution is 6.33. The van der Waals surface area contributed by atoms with Crippen molar-refractivity contribution in [3.8, 4) is 0 Å². The molecule has 0 aromatic carbocycles. The zero-order valence-electron chi connectivity index (χ0n) is 9.75. The van der Waals surface area contributed by atoms with Gasteiger partial charge in [0.2, 0.25) is 0 Å². The van der Waals surface area contributed by atoms with Crippen molar-refractivity contribution in [2.75, 3.05) is 5.32 Å². The normalized spacial score (nSPS) is 10.3. The van der Waals surface area contributed by atoms with E-state index in [0.29, 0.717) is 16.4 Å². The third kappa shape index (κ3) is 3.19. The first-order valence-corrected chi connectivity index (χ1v) is 5.97. The van der Waals surface area contributed by atoms with Crippen LogP contribution in [-0.4, -0.2) is 15.9 Å². The maximum absolute atomic E-state index is 13.0. The smallest absolute Gasteiger partial charge is 0.258 e. The van der Waals surface area contributed by atoms with Crippen LogP contribution in [0.3, 0.4) is 0 Å². The van der Waals surface area contributed by atoms with E-state index in [0.717, 1.165) is 12.3 Å². The van der Waals surface area contributed by atoms with Gasteiger partial charge in [0, 0.05) is 0 Å². The van der Waals surface area contributed by atoms with Crippen molar-refractivity contribution >= 4 is 34.8 Å². The Morgan fingerprint density at radius 3 is 2.58 bits per heavy atom. The Balaban J connectivity index is 2.25. The van der Waals surface area contributed by atoms with Crippen LogP contribution < -0.4 is 5.32 Å². The number of carbonyl (C=O) groups is 1. The summed E-state index contributed by atoms with van der Waals surface area (Å²) in [6.07, 6.45) is 2.33. The molecule has 2 aromatic heterocycles. The highest BCUT2D eigenvalue weighted by atomic mass is 35.5. The van der Waals surface area contributed by atoms with E-state index in [9.17, 15) is 9.18 Å². The predicted molar refractivity (Wildman–Crippen MR) is 71.1 cm³/mol. The summed E-state index contributed by atoms with van der Waals surface area (Å²) in [6, 6.07) is 2.66. The predicted octanol–water partition coefficient (Wildman–Crippen LogP) is 3.48. The third-order valence-corrected chi connectivity index (χ3v) is 3.02. The Kier molecular flexibility index (Phi) is 3.97. The lowest BCUT2D eigenvalue weighted by Gasteiger charge is -2.07. The number of pyridine rings is 2. The van der Waals surface area contributed by atoms with Gasteiger partial charge in [-0.3, -0.25) is 4.79 Å². The highest BCUT2D eigenvalue weighted by Gasteiger charge is 2.13. The third-order valence-electron chi connectivity index (χ3n) is 2.32. The molecule has 0 saturated heterocycles. The van der Waals surface area contributed by atoms with Crippen LogP contribution in [0.5, 0.6) is 0 Å². The quantitative estimate of drug-likeness (QED) is 0.864. The summed E-state index contributed by atoms with van der Waals surface area (Å²) in [7, 11) is 0. The first-order chi connectivity index (χ1) is 8.97. The molecule has 0 bridgehead atoms. The van der Waals surface area contributed by atoms with E-state index in [-0.39, 0.29) is 10.7 Å². The van der Waals surface area contributed by atoms with Crippen LogP contribution in [-0.2, 0) is 0 Å². The molecule has 98 valence electrons. The van der Waals surface area contributed by atoms with E-state index in [2.05, 4.69) is 15.3 Å². The Labute approximate surface area is 118 Å². The fraction of sp³-hybridized carbons (Fsp3) is 0.0833. The number of halogens is 3. The number of anilines is 1. The molecule has 0 spiro atoms. The van der Waals surface area contributed by atoms with E-state index in [1.54, 1.807) is 13.0 Å². The molecule has 0 aliphatic heterocycles. The molecule has 7 heteroatoms. The topological polar surface area (TPSA) is 54.9 Å². The van der Waals surface area contributed by atoms with Gasteiger partial charge in [0.05, 0.1) is 23.6 Å². The lowest BCUT2D eigenvalue weighted by molar-refractivity contribution is 0.102. The van der Waals surface area contributed by atoms with Crippen molar-refractivity contribution in [2.24, 2.45) is 0 Å². The summed E-state index contributed by atoms with van der Waals surface area (Å²) >= 11 is 11.5. The SMILES string of the molecule is Cc1cc(NC(=O)c2cc(F)cnc2Cl)cnc1Cl. The molecule has 0 atom stereocenters. The Bertz CT molecular complexity index is 649. The summed E-state index contributed by atoms with van der Waals surface area (Å²) in [4.78, 5) is 19.4. The summed E-state index contributed by atoms with van der Waals surface area (Å²) in [5.41, 5.74) is 1.10. The number of aryl methyl sites for hydroxylation is 1. The van der Waals surface area contributed by atoms with Crippen LogP contribution in [0.2, 0.25) is 10.3 Å². The van der Waals surface area contributed by atoms with E-state index >= 15 is 0 Å². The lowest BCUT2D eigenvalue weighted by atomic mass is 10.2. The molecular weight excluding hydrogens is 292 g/mol. The van der Waals surface area contributed by atoms with Crippen LogP contribution in [0.15, 0.2) is 24.5 Å².